The molecule has 4 heteroatoms. The minimum Gasteiger partial charge on any atom is -0.365 e. The largest absolute Gasteiger partial charge is 0.365 e. The van der Waals surface area contributed by atoms with E-state index in [-0.39, 0.29) is 6.04 Å². The van der Waals surface area contributed by atoms with E-state index < -0.39 is 0 Å². The van der Waals surface area contributed by atoms with Crippen molar-refractivity contribution in [2.45, 2.75) is 19.9 Å². The Morgan fingerprint density at radius 1 is 1.41 bits per heavy atom. The van der Waals surface area contributed by atoms with Crippen molar-refractivity contribution in [1.82, 2.24) is 4.98 Å². The number of hydrogen-bond acceptors (Lipinski definition) is 4. The van der Waals surface area contributed by atoms with Gasteiger partial charge in [0.2, 0.25) is 0 Å². The van der Waals surface area contributed by atoms with Gasteiger partial charge in [0, 0.05) is 18.7 Å². The van der Waals surface area contributed by atoms with Gasteiger partial charge in [-0.3, -0.25) is 0 Å². The standard InChI is InChI=1S/C13H17N3S/c1-8-5-4-6-10(7-8)11-12(9(2)14)17-13(15-3)16-11/h4-7,9H,14H2,1-3H3,(H,15,16). The number of nitrogens with one attached hydrogen (secondary N) is 1. The Kier molecular flexibility index (Phi) is 3.45. The molecule has 0 fully saturated rings. The molecule has 1 heterocycles. The van der Waals surface area contributed by atoms with Crippen molar-refractivity contribution in [2.24, 2.45) is 5.73 Å². The van der Waals surface area contributed by atoms with Gasteiger partial charge in [0.05, 0.1) is 10.6 Å². The normalized spacial score (nSPS) is 12.5. The molecule has 2 aromatic rings. The number of aromatic nitrogens is 1. The fourth-order valence-corrected chi connectivity index (χ4v) is 2.64. The molecular weight excluding hydrogens is 230 g/mol. The molecule has 3 nitrogen and oxygen atoms in total. The minimum absolute atomic E-state index is 0.00473. The van der Waals surface area contributed by atoms with Crippen molar-refractivity contribution in [3.63, 3.8) is 0 Å². The Bertz CT molecular complexity index is 517. The van der Waals surface area contributed by atoms with Crippen molar-refractivity contribution in [3.8, 4) is 11.3 Å². The molecule has 0 aliphatic carbocycles. The van der Waals surface area contributed by atoms with Crippen molar-refractivity contribution >= 4 is 16.5 Å². The molecule has 0 bridgehead atoms. The summed E-state index contributed by atoms with van der Waals surface area (Å²) in [6.07, 6.45) is 0. The summed E-state index contributed by atoms with van der Waals surface area (Å²) in [5.74, 6) is 0. The number of anilines is 1. The first-order chi connectivity index (χ1) is 8.11. The van der Waals surface area contributed by atoms with Gasteiger partial charge in [-0.2, -0.15) is 0 Å². The SMILES string of the molecule is CNc1nc(-c2cccc(C)c2)c(C(C)N)s1. The Morgan fingerprint density at radius 3 is 2.76 bits per heavy atom. The predicted octanol–water partition coefficient (Wildman–Crippen LogP) is 3.18. The molecule has 0 saturated heterocycles. The van der Waals surface area contributed by atoms with Gasteiger partial charge in [0.1, 0.15) is 0 Å². The number of thiazole rings is 1. The van der Waals surface area contributed by atoms with E-state index in [0.717, 1.165) is 21.3 Å². The van der Waals surface area contributed by atoms with Crippen LogP contribution in [-0.4, -0.2) is 12.0 Å². The highest BCUT2D eigenvalue weighted by Gasteiger charge is 2.15. The fourth-order valence-electron chi connectivity index (χ4n) is 1.75. The van der Waals surface area contributed by atoms with E-state index in [1.54, 1.807) is 11.3 Å². The summed E-state index contributed by atoms with van der Waals surface area (Å²) in [7, 11) is 1.88. The number of aryl methyl sites for hydroxylation is 1. The second kappa shape index (κ2) is 4.85. The van der Waals surface area contributed by atoms with E-state index in [0.29, 0.717) is 0 Å². The third-order valence-corrected chi connectivity index (χ3v) is 3.85. The summed E-state index contributed by atoms with van der Waals surface area (Å²) in [6.45, 7) is 4.08. The average Bonchev–Trinajstić information content (AvgIpc) is 2.73. The third kappa shape index (κ3) is 2.48. The molecule has 1 aromatic carbocycles. The summed E-state index contributed by atoms with van der Waals surface area (Å²) in [4.78, 5) is 5.71. The van der Waals surface area contributed by atoms with Crippen molar-refractivity contribution in [1.29, 1.82) is 0 Å². The Morgan fingerprint density at radius 2 is 2.18 bits per heavy atom. The van der Waals surface area contributed by atoms with Gasteiger partial charge in [-0.1, -0.05) is 35.1 Å². The van der Waals surface area contributed by atoms with Crippen LogP contribution in [0.5, 0.6) is 0 Å². The summed E-state index contributed by atoms with van der Waals surface area (Å²) in [6, 6.07) is 8.35. The van der Waals surface area contributed by atoms with Crippen molar-refractivity contribution in [3.05, 3.63) is 34.7 Å². The van der Waals surface area contributed by atoms with Crippen LogP contribution < -0.4 is 11.1 Å². The predicted molar refractivity (Wildman–Crippen MR) is 74.4 cm³/mol. The smallest absolute Gasteiger partial charge is 0.183 e. The van der Waals surface area contributed by atoms with E-state index >= 15 is 0 Å². The second-order valence-corrected chi connectivity index (χ2v) is 5.17. The van der Waals surface area contributed by atoms with Crippen LogP contribution >= 0.6 is 11.3 Å². The van der Waals surface area contributed by atoms with Crippen molar-refractivity contribution in [2.75, 3.05) is 12.4 Å². The van der Waals surface area contributed by atoms with Gasteiger partial charge in [0.25, 0.3) is 0 Å². The number of nitrogens with two attached hydrogens (primary N) is 1. The molecule has 2 rings (SSSR count). The molecule has 0 aliphatic rings. The fraction of sp³-hybridized carbons (Fsp3) is 0.308. The van der Waals surface area contributed by atoms with Crippen LogP contribution in [0, 0.1) is 6.92 Å². The third-order valence-electron chi connectivity index (χ3n) is 2.57. The van der Waals surface area contributed by atoms with Crippen molar-refractivity contribution < 1.29 is 0 Å². The second-order valence-electron chi connectivity index (χ2n) is 4.14. The van der Waals surface area contributed by atoms with Gasteiger partial charge in [0.15, 0.2) is 5.13 Å². The summed E-state index contributed by atoms with van der Waals surface area (Å²) < 4.78 is 0. The number of rotatable bonds is 3. The van der Waals surface area contributed by atoms with Gasteiger partial charge >= 0.3 is 0 Å². The molecule has 1 atom stereocenters. The van der Waals surface area contributed by atoms with E-state index in [9.17, 15) is 0 Å². The lowest BCUT2D eigenvalue weighted by Gasteiger charge is -2.05. The van der Waals surface area contributed by atoms with Crippen LogP contribution in [0.25, 0.3) is 11.3 Å². The van der Waals surface area contributed by atoms with Crippen LogP contribution in [0.1, 0.15) is 23.4 Å². The lowest BCUT2D eigenvalue weighted by molar-refractivity contribution is 0.837. The van der Waals surface area contributed by atoms with Crippen LogP contribution in [0.4, 0.5) is 5.13 Å². The van der Waals surface area contributed by atoms with Crippen LogP contribution in [0.15, 0.2) is 24.3 Å². The summed E-state index contributed by atoms with van der Waals surface area (Å²) >= 11 is 1.62. The number of nitrogens with zero attached hydrogens (tertiary/aromatic N) is 1. The molecule has 0 aliphatic heterocycles. The van der Waals surface area contributed by atoms with E-state index in [1.807, 2.05) is 20.0 Å². The van der Waals surface area contributed by atoms with Crippen LogP contribution in [0.3, 0.4) is 0 Å². The maximum atomic E-state index is 6.00. The zero-order chi connectivity index (χ0) is 12.4. The van der Waals surface area contributed by atoms with Crippen LogP contribution in [-0.2, 0) is 0 Å². The van der Waals surface area contributed by atoms with Gasteiger partial charge in [-0.05, 0) is 19.9 Å². The Hall–Kier alpha value is -1.39. The number of hydrogen-bond donors (Lipinski definition) is 2. The minimum atomic E-state index is 0.00473. The van der Waals surface area contributed by atoms with Gasteiger partial charge < -0.3 is 11.1 Å². The van der Waals surface area contributed by atoms with E-state index in [2.05, 4.69) is 35.4 Å². The molecule has 0 spiro atoms. The van der Waals surface area contributed by atoms with Gasteiger partial charge in [-0.15, -0.1) is 0 Å². The first-order valence-electron chi connectivity index (χ1n) is 5.63. The molecule has 3 N–H and O–H groups in total. The van der Waals surface area contributed by atoms with E-state index in [4.69, 9.17) is 5.73 Å². The maximum Gasteiger partial charge on any atom is 0.183 e. The Balaban J connectivity index is 2.53. The highest BCUT2D eigenvalue weighted by Crippen LogP contribution is 2.34. The first-order valence-corrected chi connectivity index (χ1v) is 6.44. The zero-order valence-electron chi connectivity index (χ0n) is 10.3. The van der Waals surface area contributed by atoms with E-state index in [1.165, 1.54) is 5.56 Å². The zero-order valence-corrected chi connectivity index (χ0v) is 11.1. The molecule has 0 saturated carbocycles. The molecular formula is C13H17N3S. The molecule has 90 valence electrons. The summed E-state index contributed by atoms with van der Waals surface area (Å²) in [5.41, 5.74) is 9.37. The lowest BCUT2D eigenvalue weighted by atomic mass is 10.1. The molecule has 0 radical (unpaired) electrons. The topological polar surface area (TPSA) is 50.9 Å². The highest BCUT2D eigenvalue weighted by atomic mass is 32.1. The molecule has 1 aromatic heterocycles. The highest BCUT2D eigenvalue weighted by molar-refractivity contribution is 7.16. The quantitative estimate of drug-likeness (QED) is 0.876. The maximum absolute atomic E-state index is 6.00. The average molecular weight is 247 g/mol. The lowest BCUT2D eigenvalue weighted by Crippen LogP contribution is -2.04. The summed E-state index contributed by atoms with van der Waals surface area (Å²) in [5, 5.41) is 3.99. The van der Waals surface area contributed by atoms with Gasteiger partial charge in [-0.25, -0.2) is 4.98 Å². The monoisotopic (exact) mass is 247 g/mol. The Labute approximate surface area is 106 Å². The van der Waals surface area contributed by atoms with Crippen LogP contribution in [0.2, 0.25) is 0 Å². The molecule has 0 amide bonds. The molecule has 17 heavy (non-hydrogen) atoms. The molecule has 1 unspecified atom stereocenters. The number of benzene rings is 1. The first kappa shape index (κ1) is 12.1.